The lowest BCUT2D eigenvalue weighted by molar-refractivity contribution is -0.926. The molecule has 0 aliphatic rings. The van der Waals surface area contributed by atoms with Gasteiger partial charge in [-0.05, 0) is 6.92 Å². The van der Waals surface area contributed by atoms with Gasteiger partial charge in [0.1, 0.15) is 0 Å². The number of carbonyl (C=O) groups is 1. The zero-order chi connectivity index (χ0) is 10.9. The van der Waals surface area contributed by atoms with E-state index in [1.54, 1.807) is 21.1 Å². The van der Waals surface area contributed by atoms with Gasteiger partial charge in [-0.3, -0.25) is 4.79 Å². The van der Waals surface area contributed by atoms with Gasteiger partial charge in [0.05, 0.1) is 27.6 Å². The van der Waals surface area contributed by atoms with Crippen molar-refractivity contribution in [1.82, 2.24) is 0 Å². The molecule has 0 bridgehead atoms. The molecule has 0 aliphatic carbocycles. The lowest BCUT2D eigenvalue weighted by Crippen LogP contribution is -2.58. The fraction of sp³-hybridized carbons (Fsp3) is 0.875. The third-order valence-corrected chi connectivity index (χ3v) is 1.80. The van der Waals surface area contributed by atoms with Gasteiger partial charge in [-0.15, -0.1) is 0 Å². The summed E-state index contributed by atoms with van der Waals surface area (Å²) in [6.07, 6.45) is -1.59. The first-order chi connectivity index (χ1) is 5.57. The van der Waals surface area contributed by atoms with E-state index >= 15 is 0 Å². The van der Waals surface area contributed by atoms with Crippen molar-refractivity contribution in [3.63, 3.8) is 0 Å². The highest BCUT2D eigenvalue weighted by molar-refractivity contribution is 5.68. The Hall–Kier alpha value is -0.650. The number of rotatable bonds is 4. The Kier molecular flexibility index (Phi) is 3.43. The summed E-state index contributed by atoms with van der Waals surface area (Å²) < 4.78 is 0.0975. The van der Waals surface area contributed by atoms with E-state index in [1.807, 2.05) is 0 Å². The molecule has 2 unspecified atom stereocenters. The Morgan fingerprint density at radius 2 is 1.85 bits per heavy atom. The fourth-order valence-corrected chi connectivity index (χ4v) is 1.23. The molecule has 0 amide bonds. The van der Waals surface area contributed by atoms with Gasteiger partial charge in [0, 0.05) is 0 Å². The topological polar surface area (TPSA) is 77.8 Å². The molecule has 13 heavy (non-hydrogen) atoms. The summed E-state index contributed by atoms with van der Waals surface area (Å²) in [6.45, 7) is 1.31. The largest absolute Gasteiger partial charge is 0.481 e. The average molecular weight is 192 g/mol. The Balaban J connectivity index is 4.54. The molecule has 0 aromatic heterocycles. The smallest absolute Gasteiger partial charge is 0.306 e. The zero-order valence-electron chi connectivity index (χ0n) is 8.48. The maximum Gasteiger partial charge on any atom is 0.306 e. The van der Waals surface area contributed by atoms with Crippen molar-refractivity contribution in [3.05, 3.63) is 0 Å². The van der Waals surface area contributed by atoms with Crippen LogP contribution in [0.15, 0.2) is 0 Å². The second-order valence-corrected chi connectivity index (χ2v) is 4.42. The summed E-state index contributed by atoms with van der Waals surface area (Å²) in [5, 5.41) is 27.7. The summed E-state index contributed by atoms with van der Waals surface area (Å²) in [5.74, 6) is -1.13. The van der Waals surface area contributed by atoms with E-state index in [0.29, 0.717) is 0 Å². The Morgan fingerprint density at radius 1 is 1.46 bits per heavy atom. The standard InChI is InChI=1S/C8H17NO4/c1-8(13,5-6(10)11)7(12)9(2,3)4/h7,12-13H,5H2,1-4H3/p+1. The maximum absolute atomic E-state index is 10.4. The molecule has 0 aliphatic heterocycles. The summed E-state index contributed by atoms with van der Waals surface area (Å²) >= 11 is 0. The van der Waals surface area contributed by atoms with E-state index in [-0.39, 0.29) is 4.48 Å². The number of likely N-dealkylation sites (N-methyl/N-ethyl adjacent to an activating group) is 1. The van der Waals surface area contributed by atoms with Crippen molar-refractivity contribution < 1.29 is 24.6 Å². The van der Waals surface area contributed by atoms with Gasteiger partial charge >= 0.3 is 5.97 Å². The summed E-state index contributed by atoms with van der Waals surface area (Å²) in [4.78, 5) is 10.4. The van der Waals surface area contributed by atoms with Gasteiger partial charge in [-0.2, -0.15) is 0 Å². The van der Waals surface area contributed by atoms with Crippen LogP contribution in [0, 0.1) is 0 Å². The second kappa shape index (κ2) is 3.61. The van der Waals surface area contributed by atoms with Crippen LogP contribution in [-0.2, 0) is 4.79 Å². The lowest BCUT2D eigenvalue weighted by atomic mass is 9.99. The molecule has 5 nitrogen and oxygen atoms in total. The predicted molar refractivity (Wildman–Crippen MR) is 46.9 cm³/mol. The molecule has 0 aromatic carbocycles. The minimum absolute atomic E-state index is 0.0975. The van der Waals surface area contributed by atoms with Crippen LogP contribution in [0.3, 0.4) is 0 Å². The average Bonchev–Trinajstić information content (AvgIpc) is 1.80. The number of aliphatic hydroxyl groups is 2. The van der Waals surface area contributed by atoms with Gasteiger partial charge < -0.3 is 19.8 Å². The molecule has 0 heterocycles. The van der Waals surface area contributed by atoms with Crippen molar-refractivity contribution in [3.8, 4) is 0 Å². The van der Waals surface area contributed by atoms with Crippen LogP contribution in [0.2, 0.25) is 0 Å². The number of aliphatic hydroxyl groups excluding tert-OH is 1. The SMILES string of the molecule is CC(O)(CC(=O)O)C(O)[N+](C)(C)C. The van der Waals surface area contributed by atoms with Crippen molar-refractivity contribution >= 4 is 5.97 Å². The highest BCUT2D eigenvalue weighted by atomic mass is 16.4. The number of nitrogens with zero attached hydrogens (tertiary/aromatic N) is 1. The number of quaternary nitrogens is 1. The van der Waals surface area contributed by atoms with Crippen molar-refractivity contribution in [1.29, 1.82) is 0 Å². The van der Waals surface area contributed by atoms with Crippen LogP contribution in [0.25, 0.3) is 0 Å². The van der Waals surface area contributed by atoms with E-state index in [9.17, 15) is 15.0 Å². The van der Waals surface area contributed by atoms with E-state index in [4.69, 9.17) is 5.11 Å². The number of carboxylic acids is 1. The van der Waals surface area contributed by atoms with Crippen LogP contribution < -0.4 is 0 Å². The number of hydrogen-bond acceptors (Lipinski definition) is 3. The lowest BCUT2D eigenvalue weighted by Gasteiger charge is -2.37. The van der Waals surface area contributed by atoms with Gasteiger partial charge in [0.15, 0.2) is 5.60 Å². The molecule has 0 fully saturated rings. The molecule has 0 spiro atoms. The maximum atomic E-state index is 10.4. The Bertz CT molecular complexity index is 195. The second-order valence-electron chi connectivity index (χ2n) is 4.42. The molecule has 2 atom stereocenters. The van der Waals surface area contributed by atoms with Crippen LogP contribution >= 0.6 is 0 Å². The third kappa shape index (κ3) is 3.71. The van der Waals surface area contributed by atoms with Crippen molar-refractivity contribution in [2.75, 3.05) is 21.1 Å². The van der Waals surface area contributed by atoms with Crippen LogP contribution in [0.1, 0.15) is 13.3 Å². The first-order valence-corrected chi connectivity index (χ1v) is 4.01. The number of carboxylic acid groups (broad SMARTS) is 1. The highest BCUT2D eigenvalue weighted by Gasteiger charge is 2.41. The molecule has 0 aromatic rings. The normalized spacial score (nSPS) is 19.2. The zero-order valence-corrected chi connectivity index (χ0v) is 8.48. The molecule has 5 heteroatoms. The summed E-state index contributed by atoms with van der Waals surface area (Å²) in [5.41, 5.74) is -1.61. The first kappa shape index (κ1) is 12.3. The number of aliphatic carboxylic acids is 1. The minimum Gasteiger partial charge on any atom is -0.481 e. The van der Waals surface area contributed by atoms with Gasteiger partial charge in [0.2, 0.25) is 6.23 Å². The molecule has 78 valence electrons. The van der Waals surface area contributed by atoms with E-state index < -0.39 is 24.2 Å². The van der Waals surface area contributed by atoms with Gasteiger partial charge in [-0.25, -0.2) is 0 Å². The highest BCUT2D eigenvalue weighted by Crippen LogP contribution is 2.19. The molecule has 0 radical (unpaired) electrons. The fourth-order valence-electron chi connectivity index (χ4n) is 1.23. The molecular weight excluding hydrogens is 174 g/mol. The molecule has 3 N–H and O–H groups in total. The summed E-state index contributed by atoms with van der Waals surface area (Å²) in [7, 11) is 5.04. The van der Waals surface area contributed by atoms with Crippen molar-refractivity contribution in [2.45, 2.75) is 25.2 Å². The minimum atomic E-state index is -1.61. The van der Waals surface area contributed by atoms with E-state index in [1.165, 1.54) is 6.92 Å². The van der Waals surface area contributed by atoms with Crippen LogP contribution in [-0.4, -0.2) is 58.7 Å². The monoisotopic (exact) mass is 192 g/mol. The molecular formula is C8H18NO4+. The van der Waals surface area contributed by atoms with Crippen molar-refractivity contribution in [2.24, 2.45) is 0 Å². The molecule has 0 rings (SSSR count). The quantitative estimate of drug-likeness (QED) is 0.404. The van der Waals surface area contributed by atoms with E-state index in [2.05, 4.69) is 0 Å². The van der Waals surface area contributed by atoms with Gasteiger partial charge in [0.25, 0.3) is 0 Å². The van der Waals surface area contributed by atoms with Crippen LogP contribution in [0.4, 0.5) is 0 Å². The van der Waals surface area contributed by atoms with Crippen LogP contribution in [0.5, 0.6) is 0 Å². The third-order valence-electron chi connectivity index (χ3n) is 1.80. The molecule has 0 saturated carbocycles. The Labute approximate surface area is 77.8 Å². The predicted octanol–water partition coefficient (Wildman–Crippen LogP) is -0.763. The van der Waals surface area contributed by atoms with Gasteiger partial charge in [-0.1, -0.05) is 0 Å². The summed E-state index contributed by atoms with van der Waals surface area (Å²) in [6, 6.07) is 0. The first-order valence-electron chi connectivity index (χ1n) is 4.01. The van der Waals surface area contributed by atoms with E-state index in [0.717, 1.165) is 0 Å². The molecule has 0 saturated heterocycles. The Morgan fingerprint density at radius 3 is 2.08 bits per heavy atom. The number of hydrogen-bond donors (Lipinski definition) is 3.